The summed E-state index contributed by atoms with van der Waals surface area (Å²) < 4.78 is 10.9. The van der Waals surface area contributed by atoms with Gasteiger partial charge in [-0.1, -0.05) is 12.1 Å². The number of hydrogen-bond donors (Lipinski definition) is 2. The Balaban J connectivity index is 1.48. The third kappa shape index (κ3) is 4.29. The molecule has 2 aliphatic rings. The van der Waals surface area contributed by atoms with E-state index >= 15 is 0 Å². The maximum atomic E-state index is 12.1. The Morgan fingerprint density at radius 3 is 2.64 bits per heavy atom. The Morgan fingerprint density at radius 1 is 1.18 bits per heavy atom. The topological polar surface area (TPSA) is 52.0 Å². The summed E-state index contributed by atoms with van der Waals surface area (Å²) in [5.41, 5.74) is 1.99. The molecular formula is C17H25N2O3+. The maximum Gasteiger partial charge on any atom is 0.251 e. The summed E-state index contributed by atoms with van der Waals surface area (Å²) in [5, 5.41) is 2.96. The molecule has 2 fully saturated rings. The molecule has 0 bridgehead atoms. The molecule has 1 aromatic rings. The highest BCUT2D eigenvalue weighted by Gasteiger charge is 2.17. The lowest BCUT2D eigenvalue weighted by molar-refractivity contribution is -0.921. The van der Waals surface area contributed by atoms with Gasteiger partial charge in [-0.3, -0.25) is 4.79 Å². The van der Waals surface area contributed by atoms with Crippen molar-refractivity contribution in [3.63, 3.8) is 0 Å². The lowest BCUT2D eigenvalue weighted by Gasteiger charge is -2.23. The number of amides is 1. The van der Waals surface area contributed by atoms with Crippen molar-refractivity contribution in [1.82, 2.24) is 5.32 Å². The van der Waals surface area contributed by atoms with E-state index in [2.05, 4.69) is 17.4 Å². The fourth-order valence-electron chi connectivity index (χ4n) is 3.01. The second-order valence-corrected chi connectivity index (χ2v) is 6.08. The van der Waals surface area contributed by atoms with Crippen LogP contribution in [0, 0.1) is 0 Å². The molecule has 0 radical (unpaired) electrons. The molecular weight excluding hydrogens is 280 g/mol. The number of carbonyl (C=O) groups excluding carboxylic acids is 1. The first-order valence-electron chi connectivity index (χ1n) is 8.21. The Hall–Kier alpha value is -1.43. The number of ether oxygens (including phenoxy) is 2. The van der Waals surface area contributed by atoms with Crippen molar-refractivity contribution in [1.29, 1.82) is 0 Å². The van der Waals surface area contributed by atoms with Gasteiger partial charge in [0.25, 0.3) is 5.91 Å². The highest BCUT2D eigenvalue weighted by Crippen LogP contribution is 2.11. The van der Waals surface area contributed by atoms with Gasteiger partial charge in [0.2, 0.25) is 0 Å². The van der Waals surface area contributed by atoms with Gasteiger partial charge in [-0.2, -0.15) is 0 Å². The van der Waals surface area contributed by atoms with Crippen molar-refractivity contribution in [2.24, 2.45) is 0 Å². The van der Waals surface area contributed by atoms with Crippen LogP contribution >= 0.6 is 0 Å². The molecule has 0 aromatic heterocycles. The van der Waals surface area contributed by atoms with Gasteiger partial charge in [-0.25, -0.2) is 0 Å². The number of nitrogens with one attached hydrogen (secondary N) is 2. The van der Waals surface area contributed by atoms with Gasteiger partial charge in [-0.15, -0.1) is 0 Å². The number of hydrogen-bond acceptors (Lipinski definition) is 3. The van der Waals surface area contributed by atoms with Crippen molar-refractivity contribution in [2.75, 3.05) is 39.5 Å². The van der Waals surface area contributed by atoms with E-state index in [-0.39, 0.29) is 12.0 Å². The first-order chi connectivity index (χ1) is 10.8. The van der Waals surface area contributed by atoms with E-state index in [0.717, 1.165) is 57.9 Å². The van der Waals surface area contributed by atoms with Gasteiger partial charge >= 0.3 is 0 Å². The summed E-state index contributed by atoms with van der Waals surface area (Å²) in [6.07, 6.45) is 2.33. The second-order valence-electron chi connectivity index (χ2n) is 6.08. The predicted molar refractivity (Wildman–Crippen MR) is 83.0 cm³/mol. The smallest absolute Gasteiger partial charge is 0.251 e. The number of morpholine rings is 1. The molecule has 1 atom stereocenters. The molecule has 0 saturated carbocycles. The minimum absolute atomic E-state index is 0.0132. The molecule has 120 valence electrons. The van der Waals surface area contributed by atoms with Crippen LogP contribution in [0.1, 0.15) is 28.8 Å². The van der Waals surface area contributed by atoms with Gasteiger partial charge in [0.05, 0.1) is 19.3 Å². The molecule has 0 aliphatic carbocycles. The summed E-state index contributed by atoms with van der Waals surface area (Å²) in [5.74, 6) is -0.0132. The third-order valence-electron chi connectivity index (χ3n) is 4.38. The van der Waals surface area contributed by atoms with Crippen LogP contribution < -0.4 is 10.2 Å². The normalized spacial score (nSPS) is 22.6. The van der Waals surface area contributed by atoms with Gasteiger partial charge in [0, 0.05) is 24.3 Å². The van der Waals surface area contributed by atoms with Crippen LogP contribution in [0.2, 0.25) is 0 Å². The fourth-order valence-corrected chi connectivity index (χ4v) is 3.01. The standard InChI is InChI=1S/C17H24N2O3/c20-17(18-12-16-2-1-9-22-16)15-5-3-14(4-6-15)13-19-7-10-21-11-8-19/h3-6,16H,1-2,7-13H2,(H,18,20)/p+1/t16-/m0/s1. The quantitative estimate of drug-likeness (QED) is 0.806. The molecule has 2 aliphatic heterocycles. The van der Waals surface area contributed by atoms with Crippen LogP contribution in [0.25, 0.3) is 0 Å². The first-order valence-corrected chi connectivity index (χ1v) is 8.21. The van der Waals surface area contributed by atoms with Crippen molar-refractivity contribution in [3.05, 3.63) is 35.4 Å². The number of carbonyl (C=O) groups is 1. The summed E-state index contributed by atoms with van der Waals surface area (Å²) in [7, 11) is 0. The van der Waals surface area contributed by atoms with E-state index < -0.39 is 0 Å². The molecule has 5 heteroatoms. The number of rotatable bonds is 5. The Kier molecular flexibility index (Phi) is 5.43. The van der Waals surface area contributed by atoms with Crippen molar-refractivity contribution in [2.45, 2.75) is 25.5 Å². The van der Waals surface area contributed by atoms with Crippen LogP contribution in [0.15, 0.2) is 24.3 Å². The second kappa shape index (κ2) is 7.72. The van der Waals surface area contributed by atoms with Crippen LogP contribution in [0.5, 0.6) is 0 Å². The van der Waals surface area contributed by atoms with Gasteiger partial charge in [0.1, 0.15) is 19.6 Å². The van der Waals surface area contributed by atoms with Gasteiger partial charge < -0.3 is 19.7 Å². The molecule has 1 amide bonds. The SMILES string of the molecule is O=C(NC[C@@H]1CCCO1)c1ccc(C[NH+]2CCOCC2)cc1. The lowest BCUT2D eigenvalue weighted by atomic mass is 10.1. The zero-order valence-corrected chi connectivity index (χ0v) is 13.0. The third-order valence-corrected chi connectivity index (χ3v) is 4.38. The van der Waals surface area contributed by atoms with Gasteiger partial charge in [0.15, 0.2) is 0 Å². The zero-order chi connectivity index (χ0) is 15.2. The average molecular weight is 305 g/mol. The van der Waals surface area contributed by atoms with E-state index in [1.165, 1.54) is 5.56 Å². The lowest BCUT2D eigenvalue weighted by Crippen LogP contribution is -3.12. The summed E-state index contributed by atoms with van der Waals surface area (Å²) in [6.45, 7) is 6.24. The van der Waals surface area contributed by atoms with E-state index in [1.54, 1.807) is 4.90 Å². The Labute approximate surface area is 131 Å². The van der Waals surface area contributed by atoms with Crippen molar-refractivity contribution >= 4 is 5.91 Å². The highest BCUT2D eigenvalue weighted by molar-refractivity contribution is 5.94. The minimum atomic E-state index is -0.0132. The highest BCUT2D eigenvalue weighted by atomic mass is 16.5. The molecule has 5 nitrogen and oxygen atoms in total. The minimum Gasteiger partial charge on any atom is -0.376 e. The summed E-state index contributed by atoms with van der Waals surface area (Å²) in [6, 6.07) is 7.95. The number of benzene rings is 1. The molecule has 2 heterocycles. The van der Waals surface area contributed by atoms with Crippen molar-refractivity contribution < 1.29 is 19.2 Å². The fraction of sp³-hybridized carbons (Fsp3) is 0.588. The average Bonchev–Trinajstić information content (AvgIpc) is 3.08. The summed E-state index contributed by atoms with van der Waals surface area (Å²) in [4.78, 5) is 13.7. The molecule has 1 aromatic carbocycles. The van der Waals surface area contributed by atoms with E-state index in [1.807, 2.05) is 12.1 Å². The molecule has 0 spiro atoms. The molecule has 0 unspecified atom stereocenters. The van der Waals surface area contributed by atoms with Gasteiger partial charge in [-0.05, 0) is 25.0 Å². The summed E-state index contributed by atoms with van der Waals surface area (Å²) >= 11 is 0. The largest absolute Gasteiger partial charge is 0.376 e. The zero-order valence-electron chi connectivity index (χ0n) is 13.0. The van der Waals surface area contributed by atoms with E-state index in [9.17, 15) is 4.79 Å². The van der Waals surface area contributed by atoms with Crippen LogP contribution in [-0.2, 0) is 16.0 Å². The maximum absolute atomic E-state index is 12.1. The molecule has 3 rings (SSSR count). The van der Waals surface area contributed by atoms with E-state index in [0.29, 0.717) is 6.54 Å². The van der Waals surface area contributed by atoms with E-state index in [4.69, 9.17) is 9.47 Å². The number of quaternary nitrogens is 1. The molecule has 2 N–H and O–H groups in total. The van der Waals surface area contributed by atoms with Crippen molar-refractivity contribution in [3.8, 4) is 0 Å². The molecule has 2 saturated heterocycles. The first kappa shape index (κ1) is 15.5. The van der Waals surface area contributed by atoms with Crippen LogP contribution in [0.4, 0.5) is 0 Å². The van der Waals surface area contributed by atoms with Crippen LogP contribution in [0.3, 0.4) is 0 Å². The Morgan fingerprint density at radius 2 is 1.95 bits per heavy atom. The monoisotopic (exact) mass is 305 g/mol. The predicted octanol–water partition coefficient (Wildman–Crippen LogP) is 0.0105. The Bertz CT molecular complexity index is 477. The van der Waals surface area contributed by atoms with Crippen LogP contribution in [-0.4, -0.2) is 51.5 Å². The molecule has 22 heavy (non-hydrogen) atoms.